The molecule has 1 aromatic rings. The molecule has 0 radical (unpaired) electrons. The summed E-state index contributed by atoms with van der Waals surface area (Å²) < 4.78 is 10.8. The van der Waals surface area contributed by atoms with E-state index in [1.807, 2.05) is 19.1 Å². The zero-order valence-corrected chi connectivity index (χ0v) is 18.2. The van der Waals surface area contributed by atoms with Crippen LogP contribution >= 0.6 is 12.4 Å². The number of rotatable bonds is 7. The molecule has 1 amide bonds. The van der Waals surface area contributed by atoms with E-state index in [-0.39, 0.29) is 25.1 Å². The van der Waals surface area contributed by atoms with Crippen LogP contribution in [0.5, 0.6) is 5.75 Å². The average molecular weight is 427 g/mol. The van der Waals surface area contributed by atoms with Gasteiger partial charge >= 0.3 is 6.09 Å². The van der Waals surface area contributed by atoms with Crippen LogP contribution in [-0.2, 0) is 4.74 Å². The fourth-order valence-electron chi connectivity index (χ4n) is 4.14. The molecular formula is C22H35ClN2O4. The Labute approximate surface area is 180 Å². The second kappa shape index (κ2) is 12.3. The normalized spacial score (nSPS) is 19.3. The third-order valence-electron chi connectivity index (χ3n) is 5.77. The zero-order valence-electron chi connectivity index (χ0n) is 17.4. The van der Waals surface area contributed by atoms with Crippen LogP contribution in [-0.4, -0.2) is 73.0 Å². The van der Waals surface area contributed by atoms with Gasteiger partial charge in [-0.15, -0.1) is 12.4 Å². The van der Waals surface area contributed by atoms with Gasteiger partial charge < -0.3 is 19.5 Å². The molecule has 0 bridgehead atoms. The molecule has 1 unspecified atom stereocenters. The second-order valence-corrected chi connectivity index (χ2v) is 7.86. The Morgan fingerprint density at radius 2 is 1.76 bits per heavy atom. The quantitative estimate of drug-likeness (QED) is 0.720. The highest BCUT2D eigenvalue weighted by Crippen LogP contribution is 2.33. The maximum atomic E-state index is 11.7. The van der Waals surface area contributed by atoms with Gasteiger partial charge in [-0.3, -0.25) is 4.90 Å². The lowest BCUT2D eigenvalue weighted by Crippen LogP contribution is -2.51. The number of nitrogens with zero attached hydrogens (tertiary/aromatic N) is 2. The van der Waals surface area contributed by atoms with Crippen LogP contribution < -0.4 is 4.74 Å². The van der Waals surface area contributed by atoms with Crippen molar-refractivity contribution in [1.29, 1.82) is 0 Å². The van der Waals surface area contributed by atoms with Crippen LogP contribution in [0.25, 0.3) is 0 Å². The number of β-amino-alcohol motifs (C(OH)–C–C–N with tert-alkyl or cyclic N) is 1. The fourth-order valence-corrected chi connectivity index (χ4v) is 4.14. The van der Waals surface area contributed by atoms with Crippen molar-refractivity contribution in [3.8, 4) is 5.75 Å². The van der Waals surface area contributed by atoms with E-state index in [1.54, 1.807) is 4.90 Å². The molecule has 1 atom stereocenters. The third kappa shape index (κ3) is 7.36. The number of hydrogen-bond acceptors (Lipinski definition) is 5. The lowest BCUT2D eigenvalue weighted by Gasteiger charge is -2.34. The number of hydrogen-bond donors (Lipinski definition) is 1. The predicted octanol–water partition coefficient (Wildman–Crippen LogP) is 3.67. The number of benzene rings is 1. The summed E-state index contributed by atoms with van der Waals surface area (Å²) >= 11 is 0. The lowest BCUT2D eigenvalue weighted by molar-refractivity contribution is 0.0407. The molecule has 6 nitrogen and oxygen atoms in total. The van der Waals surface area contributed by atoms with Crippen LogP contribution in [0.3, 0.4) is 0 Å². The molecule has 1 N–H and O–H groups in total. The van der Waals surface area contributed by atoms with E-state index in [0.29, 0.717) is 32.2 Å². The minimum atomic E-state index is -0.549. The summed E-state index contributed by atoms with van der Waals surface area (Å²) in [5.74, 6) is 1.51. The van der Waals surface area contributed by atoms with E-state index < -0.39 is 6.10 Å². The molecule has 1 saturated heterocycles. The first-order valence-electron chi connectivity index (χ1n) is 10.7. The smallest absolute Gasteiger partial charge is 0.409 e. The molecular weight excluding hydrogens is 392 g/mol. The number of amides is 1. The van der Waals surface area contributed by atoms with Gasteiger partial charge in [0, 0.05) is 32.7 Å². The molecule has 1 aromatic carbocycles. The molecule has 3 rings (SSSR count). The monoisotopic (exact) mass is 426 g/mol. The summed E-state index contributed by atoms with van der Waals surface area (Å²) in [4.78, 5) is 15.6. The number of halogens is 1. The van der Waals surface area contributed by atoms with Crippen molar-refractivity contribution in [2.75, 3.05) is 45.9 Å². The van der Waals surface area contributed by atoms with Crippen molar-refractivity contribution < 1.29 is 19.4 Å². The minimum Gasteiger partial charge on any atom is -0.491 e. The summed E-state index contributed by atoms with van der Waals surface area (Å²) in [6, 6.07) is 8.39. The first-order valence-corrected chi connectivity index (χ1v) is 10.7. The largest absolute Gasteiger partial charge is 0.491 e. The Kier molecular flexibility index (Phi) is 10.0. The van der Waals surface area contributed by atoms with E-state index in [9.17, 15) is 9.90 Å². The Bertz CT molecular complexity index is 599. The summed E-state index contributed by atoms with van der Waals surface area (Å²) in [5, 5.41) is 10.3. The average Bonchev–Trinajstić information content (AvgIpc) is 2.74. The zero-order chi connectivity index (χ0) is 19.8. The molecule has 7 heteroatoms. The Morgan fingerprint density at radius 1 is 1.10 bits per heavy atom. The highest BCUT2D eigenvalue weighted by molar-refractivity contribution is 5.85. The Morgan fingerprint density at radius 3 is 2.38 bits per heavy atom. The highest BCUT2D eigenvalue weighted by atomic mass is 35.5. The fraction of sp³-hybridized carbons (Fsp3) is 0.682. The van der Waals surface area contributed by atoms with Crippen LogP contribution in [0, 0.1) is 0 Å². The number of aliphatic hydroxyl groups excluding tert-OH is 1. The lowest BCUT2D eigenvalue weighted by atomic mass is 9.84. The van der Waals surface area contributed by atoms with Gasteiger partial charge in [-0.25, -0.2) is 4.79 Å². The van der Waals surface area contributed by atoms with E-state index in [0.717, 1.165) is 18.8 Å². The van der Waals surface area contributed by atoms with Gasteiger partial charge in [0.15, 0.2) is 0 Å². The maximum absolute atomic E-state index is 11.7. The van der Waals surface area contributed by atoms with Crippen molar-refractivity contribution in [3.05, 3.63) is 29.8 Å². The van der Waals surface area contributed by atoms with E-state index in [1.165, 1.54) is 37.7 Å². The predicted molar refractivity (Wildman–Crippen MR) is 116 cm³/mol. The van der Waals surface area contributed by atoms with Crippen molar-refractivity contribution in [1.82, 2.24) is 9.80 Å². The highest BCUT2D eigenvalue weighted by Gasteiger charge is 2.23. The molecule has 1 heterocycles. The van der Waals surface area contributed by atoms with Gasteiger partial charge in [0.1, 0.15) is 18.5 Å². The molecule has 29 heavy (non-hydrogen) atoms. The Balaban J connectivity index is 0.00000300. The van der Waals surface area contributed by atoms with Crippen molar-refractivity contribution in [2.24, 2.45) is 0 Å². The van der Waals surface area contributed by atoms with Crippen LogP contribution in [0.2, 0.25) is 0 Å². The summed E-state index contributed by atoms with van der Waals surface area (Å²) in [6.07, 6.45) is 5.83. The van der Waals surface area contributed by atoms with E-state index >= 15 is 0 Å². The SMILES string of the molecule is CCOC(=O)N1CCN(CC(O)COc2ccc(C3CCCCC3)cc2)CC1.Cl. The maximum Gasteiger partial charge on any atom is 0.409 e. The molecule has 164 valence electrons. The van der Waals surface area contributed by atoms with Crippen molar-refractivity contribution in [3.63, 3.8) is 0 Å². The van der Waals surface area contributed by atoms with Gasteiger partial charge in [0.05, 0.1) is 6.61 Å². The number of ether oxygens (including phenoxy) is 2. The van der Waals surface area contributed by atoms with E-state index in [4.69, 9.17) is 9.47 Å². The summed E-state index contributed by atoms with van der Waals surface area (Å²) in [6.45, 7) is 5.80. The topological polar surface area (TPSA) is 62.2 Å². The molecule has 1 saturated carbocycles. The van der Waals surface area contributed by atoms with E-state index in [2.05, 4.69) is 17.0 Å². The molecule has 0 spiro atoms. The van der Waals surface area contributed by atoms with Crippen molar-refractivity contribution >= 4 is 18.5 Å². The second-order valence-electron chi connectivity index (χ2n) is 7.86. The third-order valence-corrected chi connectivity index (χ3v) is 5.77. The number of carbonyl (C=O) groups is 1. The first kappa shape index (κ1) is 23.8. The standard InChI is InChI=1S/C22H34N2O4.ClH/c1-2-27-22(26)24-14-12-23(13-15-24)16-20(25)17-28-21-10-8-19(9-11-21)18-6-4-3-5-7-18;/h8-11,18,20,25H,2-7,12-17H2,1H3;1H. The molecule has 0 aromatic heterocycles. The summed E-state index contributed by atoms with van der Waals surface area (Å²) in [5.41, 5.74) is 1.41. The van der Waals surface area contributed by atoms with Gasteiger partial charge in [-0.05, 0) is 43.4 Å². The number of aliphatic hydroxyl groups is 1. The summed E-state index contributed by atoms with van der Waals surface area (Å²) in [7, 11) is 0. The first-order chi connectivity index (χ1) is 13.7. The van der Waals surface area contributed by atoms with Gasteiger partial charge in [-0.1, -0.05) is 31.4 Å². The van der Waals surface area contributed by atoms with Gasteiger partial charge in [0.25, 0.3) is 0 Å². The molecule has 1 aliphatic carbocycles. The minimum absolute atomic E-state index is 0. The van der Waals surface area contributed by atoms with Crippen LogP contribution in [0.4, 0.5) is 4.79 Å². The number of carbonyl (C=O) groups excluding carboxylic acids is 1. The Hall–Kier alpha value is -1.50. The van der Waals surface area contributed by atoms with Crippen LogP contribution in [0.1, 0.15) is 50.5 Å². The number of piperazine rings is 1. The molecule has 2 fully saturated rings. The van der Waals surface area contributed by atoms with Crippen LogP contribution in [0.15, 0.2) is 24.3 Å². The van der Waals surface area contributed by atoms with Gasteiger partial charge in [0.2, 0.25) is 0 Å². The van der Waals surface area contributed by atoms with Crippen molar-refractivity contribution in [2.45, 2.75) is 51.0 Å². The van der Waals surface area contributed by atoms with Gasteiger partial charge in [-0.2, -0.15) is 0 Å². The molecule has 1 aliphatic heterocycles. The molecule has 2 aliphatic rings.